The molecular formula is C8H7ClN2O5S2. The van der Waals surface area contributed by atoms with E-state index in [1.165, 1.54) is 24.3 Å². The summed E-state index contributed by atoms with van der Waals surface area (Å²) in [7, 11) is -8.20. The lowest BCUT2D eigenvalue weighted by Crippen LogP contribution is -2.28. The smallest absolute Gasteiger partial charge is 0.222 e. The number of nitrogens with one attached hydrogen (secondary N) is 1. The lowest BCUT2D eigenvalue weighted by atomic mass is 10.4. The largest absolute Gasteiger partial charge is 0.331 e. The molecule has 0 heterocycles. The number of benzene rings is 1. The SMILES string of the molecule is O=C=NS(=O)(=O)NCS(=O)(=O)c1ccc(Cl)cc1. The number of nitrogens with zero attached hydrogens (tertiary/aromatic N) is 1. The average molecular weight is 311 g/mol. The summed E-state index contributed by atoms with van der Waals surface area (Å²) >= 11 is 5.59. The average Bonchev–Trinajstić information content (AvgIpc) is 2.27. The number of hydrogen-bond donors (Lipinski definition) is 1. The molecule has 0 atom stereocenters. The summed E-state index contributed by atoms with van der Waals surface area (Å²) in [6.07, 6.45) is 0.804. The normalized spacial score (nSPS) is 11.8. The van der Waals surface area contributed by atoms with Gasteiger partial charge in [0.1, 0.15) is 5.88 Å². The summed E-state index contributed by atoms with van der Waals surface area (Å²) in [5, 5.41) is 0.347. The van der Waals surface area contributed by atoms with Gasteiger partial charge in [0.25, 0.3) is 6.08 Å². The van der Waals surface area contributed by atoms with Crippen molar-refractivity contribution in [3.05, 3.63) is 29.3 Å². The predicted octanol–water partition coefficient (Wildman–Crippen LogP) is 0.241. The minimum Gasteiger partial charge on any atom is -0.222 e. The van der Waals surface area contributed by atoms with Crippen molar-refractivity contribution in [1.29, 1.82) is 0 Å². The molecule has 7 nitrogen and oxygen atoms in total. The quantitative estimate of drug-likeness (QED) is 0.619. The van der Waals surface area contributed by atoms with Crippen LogP contribution in [0.5, 0.6) is 0 Å². The number of carbonyl (C=O) groups excluding carboxylic acids is 1. The first kappa shape index (κ1) is 14.8. The van der Waals surface area contributed by atoms with Crippen LogP contribution in [0.2, 0.25) is 5.02 Å². The molecule has 1 aromatic rings. The summed E-state index contributed by atoms with van der Waals surface area (Å²) in [5.74, 6) is -0.915. The molecule has 98 valence electrons. The van der Waals surface area contributed by atoms with Gasteiger partial charge < -0.3 is 0 Å². The summed E-state index contributed by atoms with van der Waals surface area (Å²) in [6.45, 7) is 0. The maximum atomic E-state index is 11.7. The standard InChI is InChI=1S/C8H7ClN2O5S2/c9-7-1-3-8(4-2-7)17(13,14)6-11-18(15,16)10-5-12/h1-4,11H,6H2. The van der Waals surface area contributed by atoms with Gasteiger partial charge in [-0.05, 0) is 24.3 Å². The molecule has 0 aliphatic carbocycles. The molecule has 1 rings (SSSR count). The van der Waals surface area contributed by atoms with Crippen molar-refractivity contribution in [2.45, 2.75) is 4.90 Å². The van der Waals surface area contributed by atoms with Gasteiger partial charge in [-0.1, -0.05) is 16.0 Å². The topological polar surface area (TPSA) is 110 Å². The third-order valence-corrected chi connectivity index (χ3v) is 4.54. The van der Waals surface area contributed by atoms with E-state index in [1.54, 1.807) is 4.72 Å². The van der Waals surface area contributed by atoms with Gasteiger partial charge in [-0.25, -0.2) is 13.2 Å². The number of hydrogen-bond acceptors (Lipinski definition) is 5. The Kier molecular flexibility index (Phi) is 4.60. The molecule has 0 saturated heterocycles. The third-order valence-electron chi connectivity index (χ3n) is 1.76. The number of rotatable bonds is 5. The van der Waals surface area contributed by atoms with E-state index in [-0.39, 0.29) is 4.90 Å². The minimum absolute atomic E-state index is 0.107. The molecule has 0 radical (unpaired) electrons. The highest BCUT2D eigenvalue weighted by Crippen LogP contribution is 2.14. The van der Waals surface area contributed by atoms with Gasteiger partial charge in [0, 0.05) is 5.02 Å². The Labute approximate surface area is 109 Å². The number of isocyanates is 1. The Bertz CT molecular complexity index is 675. The Hall–Kier alpha value is -1.25. The van der Waals surface area contributed by atoms with Gasteiger partial charge in [0.05, 0.1) is 4.90 Å². The maximum absolute atomic E-state index is 11.7. The highest BCUT2D eigenvalue weighted by molar-refractivity contribution is 7.93. The fourth-order valence-corrected chi connectivity index (χ4v) is 3.18. The second-order valence-corrected chi connectivity index (χ2v) is 6.86. The van der Waals surface area contributed by atoms with Gasteiger partial charge >= 0.3 is 10.2 Å². The van der Waals surface area contributed by atoms with Crippen LogP contribution >= 0.6 is 11.6 Å². The number of halogens is 1. The fraction of sp³-hybridized carbons (Fsp3) is 0.125. The zero-order valence-electron chi connectivity index (χ0n) is 8.70. The molecule has 1 aromatic carbocycles. The first-order valence-electron chi connectivity index (χ1n) is 4.34. The van der Waals surface area contributed by atoms with Crippen molar-refractivity contribution < 1.29 is 21.6 Å². The highest BCUT2D eigenvalue weighted by atomic mass is 35.5. The van der Waals surface area contributed by atoms with Crippen LogP contribution in [0.3, 0.4) is 0 Å². The lowest BCUT2D eigenvalue weighted by Gasteiger charge is -2.04. The maximum Gasteiger partial charge on any atom is 0.331 e. The minimum atomic E-state index is -4.33. The van der Waals surface area contributed by atoms with E-state index in [0.29, 0.717) is 5.02 Å². The van der Waals surface area contributed by atoms with E-state index < -0.39 is 25.9 Å². The van der Waals surface area contributed by atoms with Gasteiger partial charge in [-0.2, -0.15) is 13.1 Å². The molecule has 0 aliphatic rings. The van der Waals surface area contributed by atoms with Crippen molar-refractivity contribution in [3.63, 3.8) is 0 Å². The van der Waals surface area contributed by atoms with E-state index in [2.05, 4.69) is 4.40 Å². The predicted molar refractivity (Wildman–Crippen MR) is 63.7 cm³/mol. The summed E-state index contributed by atoms with van der Waals surface area (Å²) in [4.78, 5) is 9.67. The number of sulfone groups is 1. The second kappa shape index (κ2) is 5.59. The third kappa shape index (κ3) is 4.21. The van der Waals surface area contributed by atoms with Gasteiger partial charge in [0.15, 0.2) is 9.84 Å². The Morgan fingerprint density at radius 3 is 2.22 bits per heavy atom. The van der Waals surface area contributed by atoms with Crippen LogP contribution in [0.1, 0.15) is 0 Å². The van der Waals surface area contributed by atoms with E-state index in [9.17, 15) is 21.6 Å². The zero-order chi connectivity index (χ0) is 13.8. The van der Waals surface area contributed by atoms with E-state index in [4.69, 9.17) is 11.6 Å². The van der Waals surface area contributed by atoms with Crippen LogP contribution in [-0.4, -0.2) is 28.8 Å². The molecule has 0 aliphatic heterocycles. The van der Waals surface area contributed by atoms with Crippen LogP contribution < -0.4 is 4.72 Å². The van der Waals surface area contributed by atoms with Crippen molar-refractivity contribution in [2.75, 3.05) is 5.88 Å². The van der Waals surface area contributed by atoms with E-state index in [1.807, 2.05) is 0 Å². The molecule has 0 fully saturated rings. The van der Waals surface area contributed by atoms with Crippen LogP contribution in [-0.2, 0) is 24.8 Å². The molecule has 0 bridgehead atoms. The van der Waals surface area contributed by atoms with Gasteiger partial charge in [-0.3, -0.25) is 0 Å². The van der Waals surface area contributed by atoms with Crippen LogP contribution in [0.15, 0.2) is 33.6 Å². The second-order valence-electron chi connectivity index (χ2n) is 3.01. The summed E-state index contributed by atoms with van der Waals surface area (Å²) in [5.41, 5.74) is 0. The summed E-state index contributed by atoms with van der Waals surface area (Å²) in [6, 6.07) is 5.17. The Balaban J connectivity index is 2.90. The highest BCUT2D eigenvalue weighted by Gasteiger charge is 2.18. The van der Waals surface area contributed by atoms with Gasteiger partial charge in [0.2, 0.25) is 0 Å². The van der Waals surface area contributed by atoms with Crippen molar-refractivity contribution in [3.8, 4) is 0 Å². The molecule has 0 amide bonds. The first-order valence-corrected chi connectivity index (χ1v) is 7.81. The summed E-state index contributed by atoms with van der Waals surface area (Å²) < 4.78 is 49.3. The lowest BCUT2D eigenvalue weighted by molar-refractivity contribution is 0.561. The van der Waals surface area contributed by atoms with Crippen LogP contribution in [0.25, 0.3) is 0 Å². The zero-order valence-corrected chi connectivity index (χ0v) is 11.1. The van der Waals surface area contributed by atoms with Crippen LogP contribution in [0.4, 0.5) is 0 Å². The fourth-order valence-electron chi connectivity index (χ4n) is 0.959. The molecule has 0 saturated carbocycles. The molecule has 0 spiro atoms. The molecule has 10 heteroatoms. The van der Waals surface area contributed by atoms with E-state index >= 15 is 0 Å². The van der Waals surface area contributed by atoms with Crippen molar-refractivity contribution in [2.24, 2.45) is 4.40 Å². The molecule has 0 aromatic heterocycles. The Morgan fingerprint density at radius 2 is 1.72 bits per heavy atom. The van der Waals surface area contributed by atoms with Gasteiger partial charge in [-0.15, -0.1) is 0 Å². The Morgan fingerprint density at radius 1 is 1.17 bits per heavy atom. The molecule has 18 heavy (non-hydrogen) atoms. The van der Waals surface area contributed by atoms with Crippen LogP contribution in [0, 0.1) is 0 Å². The first-order chi connectivity index (χ1) is 8.27. The molecular weight excluding hydrogens is 304 g/mol. The monoisotopic (exact) mass is 310 g/mol. The molecule has 1 N–H and O–H groups in total. The van der Waals surface area contributed by atoms with E-state index in [0.717, 1.165) is 6.08 Å². The van der Waals surface area contributed by atoms with Crippen molar-refractivity contribution in [1.82, 2.24) is 4.72 Å². The molecule has 0 unspecified atom stereocenters. The van der Waals surface area contributed by atoms with Crippen molar-refractivity contribution >= 4 is 37.7 Å².